The molecule has 9 heteroatoms. The molecule has 0 saturated carbocycles. The van der Waals surface area contributed by atoms with Crippen molar-refractivity contribution >= 4 is 27.3 Å². The van der Waals surface area contributed by atoms with E-state index >= 15 is 0 Å². The van der Waals surface area contributed by atoms with Crippen LogP contribution >= 0.6 is 11.3 Å². The van der Waals surface area contributed by atoms with Gasteiger partial charge in [-0.1, -0.05) is 6.07 Å². The van der Waals surface area contributed by atoms with Crippen molar-refractivity contribution in [3.63, 3.8) is 0 Å². The minimum Gasteiger partial charge on any atom is -0.469 e. The van der Waals surface area contributed by atoms with Gasteiger partial charge in [0, 0.05) is 11.1 Å². The molecule has 0 fully saturated rings. The second-order valence-corrected chi connectivity index (χ2v) is 6.60. The average molecular weight is 315 g/mol. The van der Waals surface area contributed by atoms with Gasteiger partial charge in [0.05, 0.1) is 25.8 Å². The zero-order valence-corrected chi connectivity index (χ0v) is 12.2. The smallest absolute Gasteiger partial charge is 0.307 e. The van der Waals surface area contributed by atoms with Crippen LogP contribution in [0.5, 0.6) is 0 Å². The van der Waals surface area contributed by atoms with Crippen molar-refractivity contribution in [2.24, 2.45) is 0 Å². The number of H-pyrrole nitrogens is 1. The molecular weight excluding hydrogens is 302 g/mol. The maximum Gasteiger partial charge on any atom is 0.307 e. The molecular formula is C11H13N3O4S2. The normalized spacial score (nSPS) is 13.1. The van der Waals surface area contributed by atoms with Gasteiger partial charge in [0.15, 0.2) is 0 Å². The third-order valence-electron chi connectivity index (χ3n) is 2.57. The summed E-state index contributed by atoms with van der Waals surface area (Å²) in [5.74, 6) is -0.488. The number of sulfonamides is 1. The van der Waals surface area contributed by atoms with Gasteiger partial charge in [0.25, 0.3) is 0 Å². The van der Waals surface area contributed by atoms with E-state index in [-0.39, 0.29) is 11.3 Å². The number of aromatic nitrogens is 2. The molecule has 1 unspecified atom stereocenters. The lowest BCUT2D eigenvalue weighted by molar-refractivity contribution is -0.141. The first-order chi connectivity index (χ1) is 9.53. The third-order valence-corrected chi connectivity index (χ3v) is 4.99. The minimum absolute atomic E-state index is 0.0175. The third kappa shape index (κ3) is 3.44. The highest BCUT2D eigenvalue weighted by atomic mass is 32.2. The van der Waals surface area contributed by atoms with Gasteiger partial charge in [0.2, 0.25) is 10.0 Å². The highest BCUT2D eigenvalue weighted by Crippen LogP contribution is 2.24. The summed E-state index contributed by atoms with van der Waals surface area (Å²) in [6.45, 7) is 0. The van der Waals surface area contributed by atoms with Crippen LogP contribution in [-0.4, -0.2) is 31.7 Å². The van der Waals surface area contributed by atoms with Gasteiger partial charge in [-0.2, -0.15) is 5.10 Å². The Morgan fingerprint density at radius 3 is 2.95 bits per heavy atom. The number of hydrogen-bond acceptors (Lipinski definition) is 6. The van der Waals surface area contributed by atoms with E-state index in [1.165, 1.54) is 30.8 Å². The monoisotopic (exact) mass is 315 g/mol. The number of carbonyl (C=O) groups excluding carboxylic acids is 1. The van der Waals surface area contributed by atoms with E-state index in [9.17, 15) is 13.2 Å². The Labute approximate surface area is 120 Å². The number of methoxy groups -OCH3 is 1. The number of nitrogens with one attached hydrogen (secondary N) is 2. The van der Waals surface area contributed by atoms with Crippen LogP contribution in [0.15, 0.2) is 34.8 Å². The largest absolute Gasteiger partial charge is 0.469 e. The number of nitrogens with zero attached hydrogens (tertiary/aromatic N) is 1. The molecule has 2 aromatic rings. The van der Waals surface area contributed by atoms with E-state index in [2.05, 4.69) is 19.7 Å². The maximum atomic E-state index is 12.2. The summed E-state index contributed by atoms with van der Waals surface area (Å²) in [6.07, 6.45) is 2.39. The molecule has 0 saturated heterocycles. The first-order valence-corrected chi connectivity index (χ1v) is 8.00. The molecule has 0 radical (unpaired) electrons. The molecule has 0 aliphatic heterocycles. The summed E-state index contributed by atoms with van der Waals surface area (Å²) >= 11 is 1.36. The minimum atomic E-state index is -3.74. The van der Waals surface area contributed by atoms with Crippen LogP contribution in [0, 0.1) is 0 Å². The summed E-state index contributed by atoms with van der Waals surface area (Å²) in [7, 11) is -2.48. The summed E-state index contributed by atoms with van der Waals surface area (Å²) in [5, 5.41) is 7.85. The fraction of sp³-hybridized carbons (Fsp3) is 0.273. The Hall–Kier alpha value is -1.71. The van der Waals surface area contributed by atoms with Gasteiger partial charge in [-0.05, 0) is 11.4 Å². The van der Waals surface area contributed by atoms with Gasteiger partial charge < -0.3 is 4.74 Å². The molecule has 0 bridgehead atoms. The lowest BCUT2D eigenvalue weighted by atomic mass is 10.2. The molecule has 0 aliphatic carbocycles. The quantitative estimate of drug-likeness (QED) is 0.776. The second-order valence-electron chi connectivity index (χ2n) is 3.90. The van der Waals surface area contributed by atoms with Gasteiger partial charge in [-0.25, -0.2) is 13.1 Å². The van der Waals surface area contributed by atoms with Crippen molar-refractivity contribution < 1.29 is 17.9 Å². The van der Waals surface area contributed by atoms with Crippen LogP contribution in [-0.2, 0) is 19.6 Å². The number of esters is 1. The summed E-state index contributed by atoms with van der Waals surface area (Å²) in [4.78, 5) is 12.2. The molecule has 2 heterocycles. The Balaban J connectivity index is 2.22. The summed E-state index contributed by atoms with van der Waals surface area (Å²) in [5.41, 5.74) is 0. The Bertz CT molecular complexity index is 650. The standard InChI is InChI=1S/C11H13N3O4S2/c1-18-11(15)5-9(10-3-2-4-19-10)14-20(16,17)8-6-12-13-7-8/h2-4,6-7,9,14H,5H2,1H3,(H,12,13). The fourth-order valence-electron chi connectivity index (χ4n) is 1.58. The van der Waals surface area contributed by atoms with Crippen molar-refractivity contribution in [1.29, 1.82) is 0 Å². The first kappa shape index (κ1) is 14.7. The van der Waals surface area contributed by atoms with Gasteiger partial charge in [-0.15, -0.1) is 11.3 Å². The maximum absolute atomic E-state index is 12.2. The number of thiophene rings is 1. The summed E-state index contributed by atoms with van der Waals surface area (Å²) < 4.78 is 31.4. The molecule has 0 aliphatic rings. The highest BCUT2D eigenvalue weighted by Gasteiger charge is 2.25. The molecule has 0 amide bonds. The molecule has 7 nitrogen and oxygen atoms in total. The SMILES string of the molecule is COC(=O)CC(NS(=O)(=O)c1cn[nH]c1)c1cccs1. The van der Waals surface area contributed by atoms with Crippen molar-refractivity contribution in [3.8, 4) is 0 Å². The van der Waals surface area contributed by atoms with E-state index < -0.39 is 22.0 Å². The number of carbonyl (C=O) groups is 1. The van der Waals surface area contributed by atoms with Crippen molar-refractivity contribution in [2.75, 3.05) is 7.11 Å². The van der Waals surface area contributed by atoms with Crippen LogP contribution in [0.2, 0.25) is 0 Å². The number of rotatable bonds is 6. The molecule has 108 valence electrons. The molecule has 20 heavy (non-hydrogen) atoms. The predicted octanol–water partition coefficient (Wildman–Crippen LogP) is 1.05. The van der Waals surface area contributed by atoms with Crippen LogP contribution in [0.4, 0.5) is 0 Å². The number of ether oxygens (including phenoxy) is 1. The number of hydrogen-bond donors (Lipinski definition) is 2. The highest BCUT2D eigenvalue weighted by molar-refractivity contribution is 7.89. The zero-order valence-electron chi connectivity index (χ0n) is 10.6. The molecule has 0 aromatic carbocycles. The lowest BCUT2D eigenvalue weighted by Gasteiger charge is -2.15. The van der Waals surface area contributed by atoms with E-state index in [0.29, 0.717) is 0 Å². The van der Waals surface area contributed by atoms with Crippen molar-refractivity contribution in [3.05, 3.63) is 34.8 Å². The van der Waals surface area contributed by atoms with Gasteiger partial charge in [-0.3, -0.25) is 9.89 Å². The van der Waals surface area contributed by atoms with Crippen LogP contribution < -0.4 is 4.72 Å². The van der Waals surface area contributed by atoms with Crippen molar-refractivity contribution in [1.82, 2.24) is 14.9 Å². The van der Waals surface area contributed by atoms with Crippen LogP contribution in [0.25, 0.3) is 0 Å². The molecule has 0 spiro atoms. The second kappa shape index (κ2) is 6.16. The predicted molar refractivity (Wildman–Crippen MR) is 72.6 cm³/mol. The Morgan fingerprint density at radius 2 is 2.40 bits per heavy atom. The van der Waals surface area contributed by atoms with Gasteiger partial charge >= 0.3 is 5.97 Å². The van der Waals surface area contributed by atoms with E-state index in [0.717, 1.165) is 4.88 Å². The van der Waals surface area contributed by atoms with E-state index in [1.807, 2.05) is 5.38 Å². The Morgan fingerprint density at radius 1 is 1.60 bits per heavy atom. The zero-order chi connectivity index (χ0) is 14.6. The molecule has 2 aromatic heterocycles. The Kier molecular flexibility index (Phi) is 4.53. The molecule has 2 rings (SSSR count). The van der Waals surface area contributed by atoms with Crippen LogP contribution in [0.3, 0.4) is 0 Å². The molecule has 2 N–H and O–H groups in total. The fourth-order valence-corrected chi connectivity index (χ4v) is 3.55. The summed E-state index contributed by atoms with van der Waals surface area (Å²) in [6, 6.07) is 2.88. The van der Waals surface area contributed by atoms with Crippen LogP contribution in [0.1, 0.15) is 17.3 Å². The first-order valence-electron chi connectivity index (χ1n) is 5.64. The average Bonchev–Trinajstić information content (AvgIpc) is 3.10. The van der Waals surface area contributed by atoms with E-state index in [1.54, 1.807) is 12.1 Å². The topological polar surface area (TPSA) is 101 Å². The number of aromatic amines is 1. The van der Waals surface area contributed by atoms with Crippen molar-refractivity contribution in [2.45, 2.75) is 17.4 Å². The lowest BCUT2D eigenvalue weighted by Crippen LogP contribution is -2.29. The molecule has 1 atom stereocenters. The van der Waals surface area contributed by atoms with Gasteiger partial charge in [0.1, 0.15) is 4.90 Å². The van der Waals surface area contributed by atoms with E-state index in [4.69, 9.17) is 0 Å².